The van der Waals surface area contributed by atoms with Crippen LogP contribution in [0.4, 0.5) is 0 Å². The van der Waals surface area contributed by atoms with Crippen molar-refractivity contribution in [2.45, 2.75) is 37.4 Å². The summed E-state index contributed by atoms with van der Waals surface area (Å²) >= 11 is 0. The second kappa shape index (κ2) is 12.2. The summed E-state index contributed by atoms with van der Waals surface area (Å²) < 4.78 is 0. The highest BCUT2D eigenvalue weighted by Crippen LogP contribution is 1.99. The Bertz CT molecular complexity index is 623. The van der Waals surface area contributed by atoms with Crippen LogP contribution < -0.4 is 21.7 Å². The van der Waals surface area contributed by atoms with E-state index in [1.807, 2.05) is 5.32 Å². The summed E-state index contributed by atoms with van der Waals surface area (Å²) in [5.74, 6) is -7.21. The summed E-state index contributed by atoms with van der Waals surface area (Å²) in [5.41, 5.74) is 5.29. The maximum absolute atomic E-state index is 12.1. The fraction of sp³-hybridized carbons (Fsp3) is 0.571. The molecule has 28 heavy (non-hydrogen) atoms. The molecular weight excluding hydrogens is 384 g/mol. The Hall–Kier alpha value is -3.26. The number of carboxylic acids is 3. The number of amides is 3. The van der Waals surface area contributed by atoms with Crippen LogP contribution in [0.15, 0.2) is 0 Å². The maximum Gasteiger partial charge on any atom is 0.326 e. The van der Waals surface area contributed by atoms with Crippen molar-refractivity contribution in [3.63, 3.8) is 0 Å². The minimum absolute atomic E-state index is 0.344. The second-order valence-corrected chi connectivity index (χ2v) is 5.56. The summed E-state index contributed by atoms with van der Waals surface area (Å²) in [6, 6.07) is -4.45. The molecule has 0 saturated heterocycles. The Kier molecular flexibility index (Phi) is 10.8. The molecule has 14 nitrogen and oxygen atoms in total. The quantitative estimate of drug-likeness (QED) is 0.146. The number of carboxylic acid groups (broad SMARTS) is 3. The van der Waals surface area contributed by atoms with E-state index < -0.39 is 79.7 Å². The van der Waals surface area contributed by atoms with Gasteiger partial charge < -0.3 is 42.1 Å². The van der Waals surface area contributed by atoms with Crippen molar-refractivity contribution in [3.05, 3.63) is 0 Å². The van der Waals surface area contributed by atoms with Gasteiger partial charge in [0.05, 0.1) is 19.6 Å². The van der Waals surface area contributed by atoms with E-state index in [1.165, 1.54) is 0 Å². The monoisotopic (exact) mass is 406 g/mol. The molecule has 0 aliphatic rings. The smallest absolute Gasteiger partial charge is 0.326 e. The highest BCUT2D eigenvalue weighted by atomic mass is 16.4. The minimum Gasteiger partial charge on any atom is -0.481 e. The third kappa shape index (κ3) is 10.0. The Morgan fingerprint density at radius 2 is 1.46 bits per heavy atom. The number of hydrogen-bond donors (Lipinski definition) is 8. The summed E-state index contributed by atoms with van der Waals surface area (Å²) in [6.07, 6.45) is -1.73. The summed E-state index contributed by atoms with van der Waals surface area (Å²) in [4.78, 5) is 67.6. The molecule has 0 fully saturated rings. The van der Waals surface area contributed by atoms with Crippen LogP contribution in [0.5, 0.6) is 0 Å². The number of aliphatic hydroxyl groups is 1. The molecule has 0 heterocycles. The Balaban J connectivity index is 4.84. The van der Waals surface area contributed by atoms with Gasteiger partial charge in [-0.05, 0) is 6.42 Å². The van der Waals surface area contributed by atoms with Crippen LogP contribution in [-0.4, -0.2) is 87.3 Å². The van der Waals surface area contributed by atoms with E-state index in [4.69, 9.17) is 26.2 Å². The van der Waals surface area contributed by atoms with E-state index in [1.54, 1.807) is 0 Å². The Labute approximate surface area is 158 Å². The molecule has 0 aliphatic heterocycles. The van der Waals surface area contributed by atoms with Crippen LogP contribution in [0.25, 0.3) is 0 Å². The molecule has 14 heteroatoms. The zero-order chi connectivity index (χ0) is 21.9. The van der Waals surface area contributed by atoms with Gasteiger partial charge >= 0.3 is 17.9 Å². The SMILES string of the molecule is NC(CO)C(=O)NC(CCC(=O)O)C(=O)NCC(=O)NC(CC(=O)O)C(=O)O. The van der Waals surface area contributed by atoms with Gasteiger partial charge in [-0.3, -0.25) is 24.0 Å². The number of rotatable bonds is 13. The molecule has 3 atom stereocenters. The third-order valence-electron chi connectivity index (χ3n) is 3.25. The van der Waals surface area contributed by atoms with Crippen molar-refractivity contribution in [2.75, 3.05) is 13.2 Å². The van der Waals surface area contributed by atoms with Crippen LogP contribution in [0, 0.1) is 0 Å². The predicted molar refractivity (Wildman–Crippen MR) is 88.7 cm³/mol. The van der Waals surface area contributed by atoms with Crippen LogP contribution >= 0.6 is 0 Å². The Morgan fingerprint density at radius 3 is 1.93 bits per heavy atom. The highest BCUT2D eigenvalue weighted by Gasteiger charge is 2.26. The van der Waals surface area contributed by atoms with Gasteiger partial charge in [0.15, 0.2) is 0 Å². The molecule has 0 aromatic carbocycles. The maximum atomic E-state index is 12.1. The Morgan fingerprint density at radius 1 is 0.857 bits per heavy atom. The fourth-order valence-electron chi connectivity index (χ4n) is 1.81. The van der Waals surface area contributed by atoms with E-state index in [0.29, 0.717) is 0 Å². The number of nitrogens with two attached hydrogens (primary N) is 1. The molecule has 0 saturated carbocycles. The lowest BCUT2D eigenvalue weighted by Crippen LogP contribution is -2.54. The van der Waals surface area contributed by atoms with Gasteiger partial charge in [0, 0.05) is 6.42 Å². The molecule has 3 unspecified atom stereocenters. The van der Waals surface area contributed by atoms with Gasteiger partial charge in [0.1, 0.15) is 18.1 Å². The van der Waals surface area contributed by atoms with Gasteiger partial charge in [-0.1, -0.05) is 0 Å². The number of hydrogen-bond acceptors (Lipinski definition) is 8. The molecule has 0 radical (unpaired) electrons. The summed E-state index contributed by atoms with van der Waals surface area (Å²) in [5, 5.41) is 41.0. The lowest BCUT2D eigenvalue weighted by Gasteiger charge is -2.20. The first kappa shape index (κ1) is 24.7. The first-order valence-corrected chi connectivity index (χ1v) is 7.88. The topological polar surface area (TPSA) is 245 Å². The predicted octanol–water partition coefficient (Wildman–Crippen LogP) is -4.18. The van der Waals surface area contributed by atoms with Crippen molar-refractivity contribution >= 4 is 35.6 Å². The molecule has 9 N–H and O–H groups in total. The van der Waals surface area contributed by atoms with Crippen LogP contribution in [-0.2, 0) is 28.8 Å². The number of aliphatic hydroxyl groups excluding tert-OH is 1. The zero-order valence-electron chi connectivity index (χ0n) is 14.6. The highest BCUT2D eigenvalue weighted by molar-refractivity contribution is 5.93. The zero-order valence-corrected chi connectivity index (χ0v) is 14.6. The van der Waals surface area contributed by atoms with Gasteiger partial charge in [-0.2, -0.15) is 0 Å². The normalized spacial score (nSPS) is 13.5. The standard InChI is InChI=1S/C14H22N4O10/c15-6(5-19)12(25)18-7(1-2-10(21)22)13(26)16-4-9(20)17-8(14(27)28)3-11(23)24/h6-8,19H,1-5,15H2,(H,16,26)(H,17,20)(H,18,25)(H,21,22)(H,23,24)(H,27,28). The van der Waals surface area contributed by atoms with Crippen molar-refractivity contribution in [1.82, 2.24) is 16.0 Å². The fourth-order valence-corrected chi connectivity index (χ4v) is 1.81. The average molecular weight is 406 g/mol. The average Bonchev–Trinajstić information content (AvgIpc) is 2.60. The molecular formula is C14H22N4O10. The molecule has 0 bridgehead atoms. The van der Waals surface area contributed by atoms with Gasteiger partial charge in [0.25, 0.3) is 0 Å². The van der Waals surface area contributed by atoms with Crippen LogP contribution in [0.1, 0.15) is 19.3 Å². The molecule has 3 amide bonds. The summed E-state index contributed by atoms with van der Waals surface area (Å²) in [7, 11) is 0. The number of aliphatic carboxylic acids is 3. The number of carbonyl (C=O) groups excluding carboxylic acids is 3. The largest absolute Gasteiger partial charge is 0.481 e. The molecule has 0 aromatic rings. The first-order chi connectivity index (χ1) is 13.0. The van der Waals surface area contributed by atoms with E-state index in [2.05, 4.69) is 10.6 Å². The van der Waals surface area contributed by atoms with E-state index >= 15 is 0 Å². The molecule has 0 rings (SSSR count). The van der Waals surface area contributed by atoms with Gasteiger partial charge in [-0.15, -0.1) is 0 Å². The van der Waals surface area contributed by atoms with E-state index in [-0.39, 0.29) is 6.42 Å². The molecule has 0 aromatic heterocycles. The summed E-state index contributed by atoms with van der Waals surface area (Å²) in [6.45, 7) is -1.48. The minimum atomic E-state index is -1.72. The third-order valence-corrected chi connectivity index (χ3v) is 3.25. The second-order valence-electron chi connectivity index (χ2n) is 5.56. The van der Waals surface area contributed by atoms with Crippen LogP contribution in [0.2, 0.25) is 0 Å². The van der Waals surface area contributed by atoms with Crippen molar-refractivity contribution in [1.29, 1.82) is 0 Å². The number of carbonyl (C=O) groups is 6. The lowest BCUT2D eigenvalue weighted by molar-refractivity contribution is -0.147. The number of nitrogens with one attached hydrogen (secondary N) is 3. The molecule has 0 spiro atoms. The van der Waals surface area contributed by atoms with Gasteiger partial charge in [0.2, 0.25) is 17.7 Å². The van der Waals surface area contributed by atoms with Crippen molar-refractivity contribution in [2.24, 2.45) is 5.73 Å². The van der Waals surface area contributed by atoms with Crippen LogP contribution in [0.3, 0.4) is 0 Å². The van der Waals surface area contributed by atoms with E-state index in [9.17, 15) is 28.8 Å². The van der Waals surface area contributed by atoms with Gasteiger partial charge in [-0.25, -0.2) is 4.79 Å². The van der Waals surface area contributed by atoms with Crippen molar-refractivity contribution in [3.8, 4) is 0 Å². The molecule has 0 aliphatic carbocycles. The molecule has 158 valence electrons. The lowest BCUT2D eigenvalue weighted by atomic mass is 10.1. The first-order valence-electron chi connectivity index (χ1n) is 7.88. The van der Waals surface area contributed by atoms with Crippen molar-refractivity contribution < 1.29 is 49.2 Å². The van der Waals surface area contributed by atoms with E-state index in [0.717, 1.165) is 0 Å².